The van der Waals surface area contributed by atoms with Gasteiger partial charge in [0.1, 0.15) is 0 Å². The highest BCUT2D eigenvalue weighted by atomic mass is 35.5. The van der Waals surface area contributed by atoms with E-state index in [4.69, 9.17) is 16.3 Å². The van der Waals surface area contributed by atoms with Crippen molar-refractivity contribution in [3.63, 3.8) is 0 Å². The van der Waals surface area contributed by atoms with E-state index in [0.29, 0.717) is 0 Å². The second-order valence-electron chi connectivity index (χ2n) is 4.00. The number of halogens is 1. The molecule has 2 nitrogen and oxygen atoms in total. The van der Waals surface area contributed by atoms with Crippen LogP contribution >= 0.6 is 11.6 Å². The number of hydrogen-bond donors (Lipinski definition) is 1. The first-order valence-corrected chi connectivity index (χ1v) is 5.70. The summed E-state index contributed by atoms with van der Waals surface area (Å²) < 4.78 is 5.55. The van der Waals surface area contributed by atoms with Crippen molar-refractivity contribution in [3.05, 3.63) is 34.9 Å². The Morgan fingerprint density at radius 1 is 1.40 bits per heavy atom. The Kier molecular flexibility index (Phi) is 3.29. The smallest absolute Gasteiger partial charge is 0.0587 e. The molecule has 1 aromatic carbocycles. The summed E-state index contributed by atoms with van der Waals surface area (Å²) in [5.41, 5.74) is 1.30. The highest BCUT2D eigenvalue weighted by Gasteiger charge is 2.40. The Bertz CT molecular complexity index is 336. The minimum absolute atomic E-state index is 0.0916. The van der Waals surface area contributed by atoms with Gasteiger partial charge in [-0.15, -0.1) is 0 Å². The molecule has 0 radical (unpaired) electrons. The third kappa shape index (κ3) is 2.03. The lowest BCUT2D eigenvalue weighted by Crippen LogP contribution is -2.59. The summed E-state index contributed by atoms with van der Waals surface area (Å²) in [6.07, 6.45) is 0. The van der Waals surface area contributed by atoms with Gasteiger partial charge in [-0.1, -0.05) is 29.8 Å². The summed E-state index contributed by atoms with van der Waals surface area (Å²) in [5, 5.41) is 4.14. The molecule has 0 unspecified atom stereocenters. The largest absolute Gasteiger partial charge is 0.381 e. The Balaban J connectivity index is 2.22. The van der Waals surface area contributed by atoms with Crippen LogP contribution in [0.25, 0.3) is 0 Å². The molecule has 1 heterocycles. The van der Waals surface area contributed by atoms with E-state index in [0.717, 1.165) is 31.3 Å². The molecule has 1 aromatic rings. The molecule has 15 heavy (non-hydrogen) atoms. The summed E-state index contributed by atoms with van der Waals surface area (Å²) in [7, 11) is 0. The Hall–Kier alpha value is -0.570. The molecule has 0 bridgehead atoms. The first-order chi connectivity index (χ1) is 7.28. The Morgan fingerprint density at radius 2 is 2.13 bits per heavy atom. The minimum Gasteiger partial charge on any atom is -0.381 e. The van der Waals surface area contributed by atoms with Crippen LogP contribution in [0, 0.1) is 0 Å². The molecule has 1 saturated heterocycles. The number of hydrogen-bond acceptors (Lipinski definition) is 2. The third-order valence-electron chi connectivity index (χ3n) is 2.95. The van der Waals surface area contributed by atoms with Crippen molar-refractivity contribution in [2.75, 3.05) is 26.3 Å². The van der Waals surface area contributed by atoms with Crippen LogP contribution in [0.3, 0.4) is 0 Å². The van der Waals surface area contributed by atoms with Gasteiger partial charge in [0, 0.05) is 30.1 Å². The minimum atomic E-state index is 0.0916. The summed E-state index contributed by atoms with van der Waals surface area (Å²) in [6, 6.07) is 8.05. The van der Waals surface area contributed by atoms with Crippen molar-refractivity contribution in [2.24, 2.45) is 0 Å². The van der Waals surface area contributed by atoms with Crippen LogP contribution < -0.4 is 5.32 Å². The average Bonchev–Trinajstić information content (AvgIpc) is 2.19. The summed E-state index contributed by atoms with van der Waals surface area (Å²) in [4.78, 5) is 0. The molecule has 1 aliphatic rings. The van der Waals surface area contributed by atoms with Gasteiger partial charge in [-0.05, 0) is 18.6 Å². The zero-order valence-electron chi connectivity index (χ0n) is 8.92. The fraction of sp³-hybridized carbons (Fsp3) is 0.500. The second-order valence-corrected chi connectivity index (χ2v) is 4.41. The molecule has 0 saturated carbocycles. The fourth-order valence-electron chi connectivity index (χ4n) is 1.99. The SMILES string of the molecule is CCOCC1(c2ccccc2Cl)CNC1. The Labute approximate surface area is 95.6 Å². The van der Waals surface area contributed by atoms with Crippen LogP contribution in [-0.2, 0) is 10.2 Å². The Morgan fingerprint density at radius 3 is 2.67 bits per heavy atom. The lowest BCUT2D eigenvalue weighted by Gasteiger charge is -2.43. The third-order valence-corrected chi connectivity index (χ3v) is 3.28. The van der Waals surface area contributed by atoms with Gasteiger partial charge >= 0.3 is 0 Å². The molecule has 0 aromatic heterocycles. The van der Waals surface area contributed by atoms with E-state index in [2.05, 4.69) is 11.4 Å². The van der Waals surface area contributed by atoms with Gasteiger partial charge in [0.2, 0.25) is 0 Å². The molecule has 1 fully saturated rings. The van der Waals surface area contributed by atoms with Gasteiger partial charge in [0.15, 0.2) is 0 Å². The van der Waals surface area contributed by atoms with Crippen molar-refractivity contribution in [1.29, 1.82) is 0 Å². The van der Waals surface area contributed by atoms with E-state index in [1.54, 1.807) is 0 Å². The molecule has 82 valence electrons. The number of ether oxygens (including phenoxy) is 1. The monoisotopic (exact) mass is 225 g/mol. The van der Waals surface area contributed by atoms with E-state index in [-0.39, 0.29) is 5.41 Å². The maximum atomic E-state index is 6.22. The number of rotatable bonds is 4. The summed E-state index contributed by atoms with van der Waals surface area (Å²) in [5.74, 6) is 0. The number of nitrogens with one attached hydrogen (secondary N) is 1. The van der Waals surface area contributed by atoms with Crippen molar-refractivity contribution in [3.8, 4) is 0 Å². The molecule has 1 aliphatic heterocycles. The van der Waals surface area contributed by atoms with E-state index in [9.17, 15) is 0 Å². The maximum absolute atomic E-state index is 6.22. The van der Waals surface area contributed by atoms with Crippen molar-refractivity contribution in [2.45, 2.75) is 12.3 Å². The molecule has 0 aliphatic carbocycles. The molecular weight excluding hydrogens is 210 g/mol. The van der Waals surface area contributed by atoms with Crippen molar-refractivity contribution in [1.82, 2.24) is 5.32 Å². The molecule has 0 spiro atoms. The predicted octanol–water partition coefficient (Wildman–Crippen LogP) is 2.22. The van der Waals surface area contributed by atoms with E-state index in [1.165, 1.54) is 5.56 Å². The van der Waals surface area contributed by atoms with Gasteiger partial charge in [0.25, 0.3) is 0 Å². The molecule has 0 amide bonds. The molecular formula is C12H16ClNO. The lowest BCUT2D eigenvalue weighted by atomic mass is 9.76. The summed E-state index contributed by atoms with van der Waals surface area (Å²) in [6.45, 7) is 5.44. The van der Waals surface area contributed by atoms with Crippen molar-refractivity contribution < 1.29 is 4.74 Å². The fourth-order valence-corrected chi connectivity index (χ4v) is 2.32. The zero-order chi connectivity index (χ0) is 10.7. The molecule has 0 atom stereocenters. The van der Waals surface area contributed by atoms with E-state index >= 15 is 0 Å². The summed E-state index contributed by atoms with van der Waals surface area (Å²) >= 11 is 6.22. The van der Waals surface area contributed by atoms with Crippen LogP contribution in [0.2, 0.25) is 5.02 Å². The number of benzene rings is 1. The lowest BCUT2D eigenvalue weighted by molar-refractivity contribution is 0.0652. The van der Waals surface area contributed by atoms with Crippen molar-refractivity contribution >= 4 is 11.6 Å². The van der Waals surface area contributed by atoms with Crippen LogP contribution in [-0.4, -0.2) is 26.3 Å². The first-order valence-electron chi connectivity index (χ1n) is 5.32. The van der Waals surface area contributed by atoms with Gasteiger partial charge < -0.3 is 10.1 Å². The van der Waals surface area contributed by atoms with Crippen LogP contribution in [0.15, 0.2) is 24.3 Å². The van der Waals surface area contributed by atoms with Gasteiger partial charge in [-0.2, -0.15) is 0 Å². The van der Waals surface area contributed by atoms with Crippen LogP contribution in [0.5, 0.6) is 0 Å². The molecule has 1 N–H and O–H groups in total. The van der Waals surface area contributed by atoms with Gasteiger partial charge in [0.05, 0.1) is 6.61 Å². The van der Waals surface area contributed by atoms with E-state index < -0.39 is 0 Å². The maximum Gasteiger partial charge on any atom is 0.0587 e. The van der Waals surface area contributed by atoms with Crippen LogP contribution in [0.1, 0.15) is 12.5 Å². The normalized spacial score (nSPS) is 18.5. The highest BCUT2D eigenvalue weighted by molar-refractivity contribution is 6.31. The second kappa shape index (κ2) is 4.52. The standard InChI is InChI=1S/C12H16ClNO/c1-2-15-9-12(7-14-8-12)10-5-3-4-6-11(10)13/h3-6,14H,2,7-9H2,1H3. The molecule has 2 rings (SSSR count). The van der Waals surface area contributed by atoms with Gasteiger partial charge in [-0.25, -0.2) is 0 Å². The topological polar surface area (TPSA) is 21.3 Å². The van der Waals surface area contributed by atoms with Gasteiger partial charge in [-0.3, -0.25) is 0 Å². The van der Waals surface area contributed by atoms with E-state index in [1.807, 2.05) is 25.1 Å². The first kappa shape index (κ1) is 10.9. The van der Waals surface area contributed by atoms with Crippen LogP contribution in [0.4, 0.5) is 0 Å². The zero-order valence-corrected chi connectivity index (χ0v) is 9.68. The predicted molar refractivity (Wildman–Crippen MR) is 62.5 cm³/mol. The quantitative estimate of drug-likeness (QED) is 0.849. The molecule has 3 heteroatoms. The average molecular weight is 226 g/mol. The highest BCUT2D eigenvalue weighted by Crippen LogP contribution is 2.33.